The van der Waals surface area contributed by atoms with Gasteiger partial charge in [0.1, 0.15) is 5.82 Å². The van der Waals surface area contributed by atoms with Crippen molar-refractivity contribution in [2.24, 2.45) is 0 Å². The van der Waals surface area contributed by atoms with Gasteiger partial charge in [-0.3, -0.25) is 0 Å². The molecule has 0 heterocycles. The van der Waals surface area contributed by atoms with Crippen LogP contribution in [0.4, 0.5) is 4.39 Å². The first kappa shape index (κ1) is 13.6. The molecule has 16 heavy (non-hydrogen) atoms. The summed E-state index contributed by atoms with van der Waals surface area (Å²) < 4.78 is 18.9. The van der Waals surface area contributed by atoms with Crippen LogP contribution in [0, 0.1) is 5.82 Å². The van der Waals surface area contributed by atoms with E-state index < -0.39 is 0 Å². The second-order valence-corrected chi connectivity index (χ2v) is 4.41. The minimum absolute atomic E-state index is 0.153. The fourth-order valence-electron chi connectivity index (χ4n) is 1.68. The molecule has 2 nitrogen and oxygen atoms in total. The lowest BCUT2D eigenvalue weighted by Crippen LogP contribution is -2.17. The van der Waals surface area contributed by atoms with Gasteiger partial charge in [-0.05, 0) is 47.4 Å². The SMILES string of the molecule is CNC(CCCOC)c1cccc(F)c1Br. The number of methoxy groups -OCH3 is 1. The maximum Gasteiger partial charge on any atom is 0.137 e. The van der Waals surface area contributed by atoms with Crippen molar-refractivity contribution in [3.8, 4) is 0 Å². The van der Waals surface area contributed by atoms with Crippen LogP contribution in [0.25, 0.3) is 0 Å². The predicted molar refractivity (Wildman–Crippen MR) is 67.0 cm³/mol. The van der Waals surface area contributed by atoms with Crippen molar-refractivity contribution in [1.82, 2.24) is 5.32 Å². The third-order valence-electron chi connectivity index (χ3n) is 2.55. The van der Waals surface area contributed by atoms with Crippen LogP contribution in [-0.2, 0) is 4.74 Å². The van der Waals surface area contributed by atoms with Crippen LogP contribution in [-0.4, -0.2) is 20.8 Å². The largest absolute Gasteiger partial charge is 0.385 e. The summed E-state index contributed by atoms with van der Waals surface area (Å²) in [7, 11) is 3.57. The molecule has 0 aromatic heterocycles. The summed E-state index contributed by atoms with van der Waals surface area (Å²) in [5, 5.41) is 3.19. The van der Waals surface area contributed by atoms with Gasteiger partial charge < -0.3 is 10.1 Å². The molecule has 1 aromatic carbocycles. The second-order valence-electron chi connectivity index (χ2n) is 3.62. The van der Waals surface area contributed by atoms with Crippen LogP contribution < -0.4 is 5.32 Å². The molecular formula is C12H17BrFNO. The molecule has 0 saturated heterocycles. The zero-order valence-electron chi connectivity index (χ0n) is 9.59. The maximum absolute atomic E-state index is 13.4. The summed E-state index contributed by atoms with van der Waals surface area (Å²) in [6, 6.07) is 5.27. The third-order valence-corrected chi connectivity index (χ3v) is 3.38. The summed E-state index contributed by atoms with van der Waals surface area (Å²) >= 11 is 3.28. The molecule has 1 rings (SSSR count). The number of rotatable bonds is 6. The molecule has 0 bridgehead atoms. The maximum atomic E-state index is 13.4. The molecule has 1 N–H and O–H groups in total. The predicted octanol–water partition coefficient (Wildman–Crippen LogP) is 3.28. The van der Waals surface area contributed by atoms with Gasteiger partial charge in [0.25, 0.3) is 0 Å². The molecule has 0 fully saturated rings. The highest BCUT2D eigenvalue weighted by Gasteiger charge is 2.14. The van der Waals surface area contributed by atoms with Crippen molar-refractivity contribution in [3.63, 3.8) is 0 Å². The van der Waals surface area contributed by atoms with Crippen molar-refractivity contribution in [1.29, 1.82) is 0 Å². The first-order valence-electron chi connectivity index (χ1n) is 5.30. The van der Waals surface area contributed by atoms with E-state index >= 15 is 0 Å². The number of ether oxygens (including phenoxy) is 1. The Balaban J connectivity index is 2.74. The Hall–Kier alpha value is -0.450. The van der Waals surface area contributed by atoms with Gasteiger partial charge in [-0.15, -0.1) is 0 Å². The van der Waals surface area contributed by atoms with E-state index in [9.17, 15) is 4.39 Å². The van der Waals surface area contributed by atoms with Crippen LogP contribution in [0.15, 0.2) is 22.7 Å². The minimum Gasteiger partial charge on any atom is -0.385 e. The molecule has 0 aliphatic carbocycles. The molecule has 0 aliphatic rings. The molecule has 90 valence electrons. The average Bonchev–Trinajstić information content (AvgIpc) is 2.29. The van der Waals surface area contributed by atoms with Gasteiger partial charge >= 0.3 is 0 Å². The summed E-state index contributed by atoms with van der Waals surface area (Å²) in [5.41, 5.74) is 0.957. The molecule has 0 aliphatic heterocycles. The summed E-state index contributed by atoms with van der Waals surface area (Å²) in [5.74, 6) is -0.218. The van der Waals surface area contributed by atoms with Crippen molar-refractivity contribution in [2.75, 3.05) is 20.8 Å². The standard InChI is InChI=1S/C12H17BrFNO/c1-15-11(7-4-8-16-2)9-5-3-6-10(14)12(9)13/h3,5-6,11,15H,4,7-8H2,1-2H3. The lowest BCUT2D eigenvalue weighted by atomic mass is 10.0. The highest BCUT2D eigenvalue weighted by Crippen LogP contribution is 2.28. The van der Waals surface area contributed by atoms with Gasteiger partial charge in [0, 0.05) is 19.8 Å². The smallest absolute Gasteiger partial charge is 0.137 e. The van der Waals surface area contributed by atoms with E-state index in [1.807, 2.05) is 13.1 Å². The van der Waals surface area contributed by atoms with E-state index in [-0.39, 0.29) is 11.9 Å². The van der Waals surface area contributed by atoms with Crippen LogP contribution >= 0.6 is 15.9 Å². The van der Waals surface area contributed by atoms with Gasteiger partial charge in [-0.2, -0.15) is 0 Å². The third kappa shape index (κ3) is 3.54. The summed E-state index contributed by atoms with van der Waals surface area (Å²) in [4.78, 5) is 0. The van der Waals surface area contributed by atoms with Gasteiger partial charge in [-0.25, -0.2) is 4.39 Å². The Labute approximate surface area is 104 Å². The fraction of sp³-hybridized carbons (Fsp3) is 0.500. The molecule has 0 radical (unpaired) electrons. The number of halogens is 2. The average molecular weight is 290 g/mol. The highest BCUT2D eigenvalue weighted by atomic mass is 79.9. The quantitative estimate of drug-likeness (QED) is 0.812. The van der Waals surface area contributed by atoms with Crippen LogP contribution in [0.3, 0.4) is 0 Å². The molecule has 1 atom stereocenters. The van der Waals surface area contributed by atoms with Gasteiger partial charge in [0.2, 0.25) is 0 Å². The van der Waals surface area contributed by atoms with Crippen LogP contribution in [0.1, 0.15) is 24.4 Å². The summed E-state index contributed by atoms with van der Waals surface area (Å²) in [6.45, 7) is 0.727. The van der Waals surface area contributed by atoms with Crippen LogP contribution in [0.2, 0.25) is 0 Å². The van der Waals surface area contributed by atoms with Gasteiger partial charge in [0.05, 0.1) is 4.47 Å². The molecule has 0 spiro atoms. The zero-order valence-corrected chi connectivity index (χ0v) is 11.2. The topological polar surface area (TPSA) is 21.3 Å². The molecule has 4 heteroatoms. The number of hydrogen-bond donors (Lipinski definition) is 1. The Bertz CT molecular complexity index is 333. The van der Waals surface area contributed by atoms with E-state index in [0.717, 1.165) is 25.0 Å². The molecule has 0 saturated carbocycles. The molecule has 0 amide bonds. The van der Waals surface area contributed by atoms with Crippen molar-refractivity contribution in [3.05, 3.63) is 34.1 Å². The molecule has 1 unspecified atom stereocenters. The number of benzene rings is 1. The fourth-order valence-corrected chi connectivity index (χ4v) is 2.22. The number of hydrogen-bond acceptors (Lipinski definition) is 2. The first-order valence-corrected chi connectivity index (χ1v) is 6.10. The van der Waals surface area contributed by atoms with E-state index in [1.54, 1.807) is 13.2 Å². The van der Waals surface area contributed by atoms with E-state index in [1.165, 1.54) is 6.07 Å². The Morgan fingerprint density at radius 1 is 1.50 bits per heavy atom. The molecule has 1 aromatic rings. The monoisotopic (exact) mass is 289 g/mol. The number of nitrogens with one attached hydrogen (secondary N) is 1. The highest BCUT2D eigenvalue weighted by molar-refractivity contribution is 9.10. The minimum atomic E-state index is -0.218. The Morgan fingerprint density at radius 3 is 2.88 bits per heavy atom. The molecular weight excluding hydrogens is 273 g/mol. The van der Waals surface area contributed by atoms with E-state index in [0.29, 0.717) is 4.47 Å². The van der Waals surface area contributed by atoms with E-state index in [2.05, 4.69) is 21.2 Å². The van der Waals surface area contributed by atoms with Crippen LogP contribution in [0.5, 0.6) is 0 Å². The Morgan fingerprint density at radius 2 is 2.25 bits per heavy atom. The first-order chi connectivity index (χ1) is 7.70. The Kier molecular flexibility index (Phi) is 5.95. The van der Waals surface area contributed by atoms with E-state index in [4.69, 9.17) is 4.74 Å². The summed E-state index contributed by atoms with van der Waals surface area (Å²) in [6.07, 6.45) is 1.87. The zero-order chi connectivity index (χ0) is 12.0. The van der Waals surface area contributed by atoms with Gasteiger partial charge in [0.15, 0.2) is 0 Å². The normalized spacial score (nSPS) is 12.8. The van der Waals surface area contributed by atoms with Crippen molar-refractivity contribution in [2.45, 2.75) is 18.9 Å². The lowest BCUT2D eigenvalue weighted by molar-refractivity contribution is 0.189. The van der Waals surface area contributed by atoms with Gasteiger partial charge in [-0.1, -0.05) is 12.1 Å². The second kappa shape index (κ2) is 6.99. The van der Waals surface area contributed by atoms with Crippen molar-refractivity contribution < 1.29 is 9.13 Å². The lowest BCUT2D eigenvalue weighted by Gasteiger charge is -2.18. The van der Waals surface area contributed by atoms with Crippen molar-refractivity contribution >= 4 is 15.9 Å².